The minimum absolute atomic E-state index is 0.522. The van der Waals surface area contributed by atoms with Gasteiger partial charge in [0.2, 0.25) is 0 Å². The van der Waals surface area contributed by atoms with Crippen LogP contribution in [-0.4, -0.2) is 25.8 Å². The molecule has 3 rings (SSSR count). The Morgan fingerprint density at radius 3 is 2.85 bits per heavy atom. The zero-order chi connectivity index (χ0) is 13.8. The van der Waals surface area contributed by atoms with Gasteiger partial charge in [-0.3, -0.25) is 0 Å². The van der Waals surface area contributed by atoms with Gasteiger partial charge in [0.05, 0.1) is 6.61 Å². The normalized spacial score (nSPS) is 20.4. The van der Waals surface area contributed by atoms with Gasteiger partial charge in [-0.05, 0) is 35.7 Å². The number of fused-ring (bicyclic) bond motifs is 1. The molecule has 106 valence electrons. The molecule has 2 nitrogen and oxygen atoms in total. The van der Waals surface area contributed by atoms with E-state index < -0.39 is 0 Å². The predicted molar refractivity (Wildman–Crippen MR) is 84.0 cm³/mol. The van der Waals surface area contributed by atoms with Gasteiger partial charge < -0.3 is 10.1 Å². The van der Waals surface area contributed by atoms with E-state index in [2.05, 4.69) is 54.7 Å². The highest BCUT2D eigenvalue weighted by Gasteiger charge is 2.25. The fourth-order valence-corrected chi connectivity index (χ4v) is 3.25. The number of likely N-dealkylation sites (N-methyl/N-ethyl adjacent to an activating group) is 1. The van der Waals surface area contributed by atoms with Crippen LogP contribution in [0.15, 0.2) is 42.5 Å². The average molecular weight is 269 g/mol. The van der Waals surface area contributed by atoms with Crippen LogP contribution in [0.5, 0.6) is 0 Å². The van der Waals surface area contributed by atoms with E-state index in [1.54, 1.807) is 0 Å². The van der Waals surface area contributed by atoms with E-state index in [4.69, 9.17) is 4.74 Å². The first kappa shape index (κ1) is 13.6. The van der Waals surface area contributed by atoms with Crippen molar-refractivity contribution in [3.05, 3.63) is 48.0 Å². The summed E-state index contributed by atoms with van der Waals surface area (Å²) in [7, 11) is 0. The maximum absolute atomic E-state index is 5.57. The van der Waals surface area contributed by atoms with Gasteiger partial charge >= 0.3 is 0 Å². The first-order valence-corrected chi connectivity index (χ1v) is 7.66. The van der Waals surface area contributed by atoms with Gasteiger partial charge in [0.25, 0.3) is 0 Å². The Kier molecular flexibility index (Phi) is 4.34. The van der Waals surface area contributed by atoms with Crippen molar-refractivity contribution in [1.29, 1.82) is 0 Å². The maximum Gasteiger partial charge on any atom is 0.0510 e. The molecule has 1 aliphatic rings. The van der Waals surface area contributed by atoms with Crippen molar-refractivity contribution in [3.63, 3.8) is 0 Å². The number of nitrogens with one attached hydrogen (secondary N) is 1. The fourth-order valence-electron chi connectivity index (χ4n) is 3.25. The van der Waals surface area contributed by atoms with Crippen molar-refractivity contribution in [3.8, 4) is 0 Å². The first-order valence-electron chi connectivity index (χ1n) is 7.66. The fraction of sp³-hybridized carbons (Fsp3) is 0.444. The van der Waals surface area contributed by atoms with Crippen LogP contribution < -0.4 is 5.32 Å². The smallest absolute Gasteiger partial charge is 0.0510 e. The van der Waals surface area contributed by atoms with Gasteiger partial charge in [0.1, 0.15) is 0 Å². The number of rotatable bonds is 5. The molecule has 0 radical (unpaired) electrons. The minimum Gasteiger partial charge on any atom is -0.381 e. The van der Waals surface area contributed by atoms with E-state index in [-0.39, 0.29) is 0 Å². The molecule has 0 aliphatic carbocycles. The van der Waals surface area contributed by atoms with Crippen LogP contribution in [0.1, 0.15) is 18.9 Å². The second kappa shape index (κ2) is 6.38. The molecule has 1 aliphatic heterocycles. The molecule has 20 heavy (non-hydrogen) atoms. The molecule has 0 bridgehead atoms. The van der Waals surface area contributed by atoms with E-state index in [0.29, 0.717) is 12.0 Å². The Morgan fingerprint density at radius 2 is 2.05 bits per heavy atom. The molecule has 2 unspecified atom stereocenters. The molecule has 2 aromatic rings. The van der Waals surface area contributed by atoms with Crippen molar-refractivity contribution in [2.24, 2.45) is 5.92 Å². The van der Waals surface area contributed by atoms with Gasteiger partial charge in [0, 0.05) is 18.6 Å². The number of hydrogen-bond donors (Lipinski definition) is 1. The quantitative estimate of drug-likeness (QED) is 0.898. The summed E-state index contributed by atoms with van der Waals surface area (Å²) in [5.41, 5.74) is 1.45. The average Bonchev–Trinajstić information content (AvgIpc) is 3.01. The topological polar surface area (TPSA) is 21.3 Å². The van der Waals surface area contributed by atoms with Gasteiger partial charge in [-0.1, -0.05) is 49.4 Å². The Morgan fingerprint density at radius 1 is 1.20 bits per heavy atom. The highest BCUT2D eigenvalue weighted by molar-refractivity contribution is 5.85. The highest BCUT2D eigenvalue weighted by atomic mass is 16.5. The summed E-state index contributed by atoms with van der Waals surface area (Å²) in [6.45, 7) is 5.03. The highest BCUT2D eigenvalue weighted by Crippen LogP contribution is 2.24. The van der Waals surface area contributed by atoms with E-state index in [9.17, 15) is 0 Å². The summed E-state index contributed by atoms with van der Waals surface area (Å²) < 4.78 is 5.57. The largest absolute Gasteiger partial charge is 0.381 e. The third kappa shape index (κ3) is 2.87. The molecule has 1 saturated heterocycles. The molecule has 0 saturated carbocycles. The molecule has 0 aromatic heterocycles. The standard InChI is InChI=1S/C18H23NO/c1-2-19-18(16-10-11-20-13-16)12-15-8-5-7-14-6-3-4-9-17(14)15/h3-9,16,18-19H,2,10-13H2,1H3. The molecular weight excluding hydrogens is 246 g/mol. The molecule has 1 heterocycles. The molecule has 2 heteroatoms. The molecule has 2 atom stereocenters. The van der Waals surface area contributed by atoms with Crippen molar-refractivity contribution in [1.82, 2.24) is 5.32 Å². The number of ether oxygens (including phenoxy) is 1. The van der Waals surface area contributed by atoms with Crippen LogP contribution >= 0.6 is 0 Å². The third-order valence-electron chi connectivity index (χ3n) is 4.32. The lowest BCUT2D eigenvalue weighted by atomic mass is 9.90. The number of hydrogen-bond acceptors (Lipinski definition) is 2. The summed E-state index contributed by atoms with van der Waals surface area (Å²) in [4.78, 5) is 0. The summed E-state index contributed by atoms with van der Waals surface area (Å²) >= 11 is 0. The first-order chi connectivity index (χ1) is 9.88. The zero-order valence-corrected chi connectivity index (χ0v) is 12.1. The minimum atomic E-state index is 0.522. The van der Waals surface area contributed by atoms with Crippen molar-refractivity contribution >= 4 is 10.8 Å². The Balaban J connectivity index is 1.86. The Labute approximate surface area is 121 Å². The Hall–Kier alpha value is -1.38. The van der Waals surface area contributed by atoms with Gasteiger partial charge in [-0.25, -0.2) is 0 Å². The maximum atomic E-state index is 5.57. The van der Waals surface area contributed by atoms with Gasteiger partial charge in [-0.2, -0.15) is 0 Å². The lowest BCUT2D eigenvalue weighted by Crippen LogP contribution is -2.38. The van der Waals surface area contributed by atoms with E-state index >= 15 is 0 Å². The van der Waals surface area contributed by atoms with Crippen LogP contribution in [0.3, 0.4) is 0 Å². The van der Waals surface area contributed by atoms with Crippen molar-refractivity contribution < 1.29 is 4.74 Å². The summed E-state index contributed by atoms with van der Waals surface area (Å²) in [5.74, 6) is 0.647. The summed E-state index contributed by atoms with van der Waals surface area (Å²) in [6.07, 6.45) is 2.27. The number of benzene rings is 2. The van der Waals surface area contributed by atoms with Gasteiger partial charge in [0.15, 0.2) is 0 Å². The SMILES string of the molecule is CCNC(Cc1cccc2ccccc12)C1CCOC1. The molecule has 0 spiro atoms. The second-order valence-electron chi connectivity index (χ2n) is 5.63. The zero-order valence-electron chi connectivity index (χ0n) is 12.1. The van der Waals surface area contributed by atoms with Gasteiger partial charge in [-0.15, -0.1) is 0 Å². The van der Waals surface area contributed by atoms with Crippen LogP contribution in [0.25, 0.3) is 10.8 Å². The monoisotopic (exact) mass is 269 g/mol. The van der Waals surface area contributed by atoms with Crippen LogP contribution in [0.2, 0.25) is 0 Å². The third-order valence-corrected chi connectivity index (χ3v) is 4.32. The van der Waals surface area contributed by atoms with Crippen molar-refractivity contribution in [2.75, 3.05) is 19.8 Å². The summed E-state index contributed by atoms with van der Waals surface area (Å²) in [6, 6.07) is 15.8. The molecular formula is C18H23NO. The van der Waals surface area contributed by atoms with E-state index in [1.165, 1.54) is 22.8 Å². The lowest BCUT2D eigenvalue weighted by molar-refractivity contribution is 0.176. The van der Waals surface area contributed by atoms with Crippen LogP contribution in [-0.2, 0) is 11.2 Å². The second-order valence-corrected chi connectivity index (χ2v) is 5.63. The summed E-state index contributed by atoms with van der Waals surface area (Å²) in [5, 5.41) is 6.38. The van der Waals surface area contributed by atoms with Crippen molar-refractivity contribution in [2.45, 2.75) is 25.8 Å². The van der Waals surface area contributed by atoms with Crippen LogP contribution in [0.4, 0.5) is 0 Å². The molecule has 2 aromatic carbocycles. The molecule has 0 amide bonds. The lowest BCUT2D eigenvalue weighted by Gasteiger charge is -2.24. The van der Waals surface area contributed by atoms with E-state index in [1.807, 2.05) is 0 Å². The van der Waals surface area contributed by atoms with Crippen LogP contribution in [0, 0.1) is 5.92 Å². The molecule has 1 fully saturated rings. The predicted octanol–water partition coefficient (Wildman–Crippen LogP) is 3.40. The Bertz CT molecular complexity index is 555. The van der Waals surface area contributed by atoms with E-state index in [0.717, 1.165) is 26.2 Å². The molecule has 1 N–H and O–H groups in total.